The predicted octanol–water partition coefficient (Wildman–Crippen LogP) is 2.10. The minimum absolute atomic E-state index is 0.492. The van der Waals surface area contributed by atoms with Crippen molar-refractivity contribution in [3.8, 4) is 0 Å². The Bertz CT molecular complexity index is 546. The third-order valence-electron chi connectivity index (χ3n) is 3.47. The fourth-order valence-corrected chi connectivity index (χ4v) is 2.45. The third-order valence-corrected chi connectivity index (χ3v) is 3.47. The van der Waals surface area contributed by atoms with Crippen LogP contribution in [-0.2, 0) is 0 Å². The molecule has 4 nitrogen and oxygen atoms in total. The lowest BCUT2D eigenvalue weighted by molar-refractivity contribution is 0.477. The number of hydrogen-bond acceptors (Lipinski definition) is 4. The molecule has 0 saturated carbocycles. The Morgan fingerprint density at radius 3 is 2.78 bits per heavy atom. The van der Waals surface area contributed by atoms with Gasteiger partial charge in [0.1, 0.15) is 0 Å². The van der Waals surface area contributed by atoms with Crippen LogP contribution in [0.3, 0.4) is 0 Å². The Hall–Kier alpha value is -1.68. The number of rotatable bonds is 2. The number of para-hydroxylation sites is 1. The first-order valence-electron chi connectivity index (χ1n) is 6.53. The van der Waals surface area contributed by atoms with Crippen molar-refractivity contribution in [2.24, 2.45) is 0 Å². The normalized spacial score (nSPS) is 16.9. The van der Waals surface area contributed by atoms with Gasteiger partial charge in [0.2, 0.25) is 5.95 Å². The van der Waals surface area contributed by atoms with Gasteiger partial charge in [0.15, 0.2) is 0 Å². The molecule has 0 spiro atoms. The Kier molecular flexibility index (Phi) is 3.11. The molecular formula is C14H18N4. The molecule has 0 bridgehead atoms. The SMILES string of the molecule is Cc1nc(NC2CCNCC2)nc2ccccc12. The highest BCUT2D eigenvalue weighted by Crippen LogP contribution is 2.18. The number of hydrogen-bond donors (Lipinski definition) is 2. The van der Waals surface area contributed by atoms with Gasteiger partial charge in [-0.1, -0.05) is 18.2 Å². The Balaban J connectivity index is 1.87. The first kappa shape index (κ1) is 11.4. The smallest absolute Gasteiger partial charge is 0.223 e. The number of aryl methyl sites for hydroxylation is 1. The van der Waals surface area contributed by atoms with Crippen LogP contribution in [0, 0.1) is 6.92 Å². The minimum Gasteiger partial charge on any atom is -0.351 e. The van der Waals surface area contributed by atoms with Gasteiger partial charge in [0.05, 0.1) is 11.2 Å². The highest BCUT2D eigenvalue weighted by Gasteiger charge is 2.14. The highest BCUT2D eigenvalue weighted by atomic mass is 15.1. The van der Waals surface area contributed by atoms with E-state index in [9.17, 15) is 0 Å². The first-order chi connectivity index (χ1) is 8.83. The summed E-state index contributed by atoms with van der Waals surface area (Å²) in [7, 11) is 0. The molecule has 2 heterocycles. The van der Waals surface area contributed by atoms with Crippen LogP contribution in [0.25, 0.3) is 10.9 Å². The van der Waals surface area contributed by atoms with E-state index in [0.29, 0.717) is 6.04 Å². The maximum absolute atomic E-state index is 4.59. The van der Waals surface area contributed by atoms with Gasteiger partial charge in [0.25, 0.3) is 0 Å². The molecule has 2 aromatic rings. The van der Waals surface area contributed by atoms with Crippen molar-refractivity contribution in [2.75, 3.05) is 18.4 Å². The van der Waals surface area contributed by atoms with Gasteiger partial charge in [0, 0.05) is 11.4 Å². The quantitative estimate of drug-likeness (QED) is 0.846. The summed E-state index contributed by atoms with van der Waals surface area (Å²) in [6, 6.07) is 8.64. The van der Waals surface area contributed by atoms with Crippen molar-refractivity contribution in [3.05, 3.63) is 30.0 Å². The van der Waals surface area contributed by atoms with Crippen molar-refractivity contribution in [1.82, 2.24) is 15.3 Å². The number of anilines is 1. The third kappa shape index (κ3) is 2.29. The predicted molar refractivity (Wildman–Crippen MR) is 73.8 cm³/mol. The topological polar surface area (TPSA) is 49.8 Å². The van der Waals surface area contributed by atoms with Crippen molar-refractivity contribution in [3.63, 3.8) is 0 Å². The number of fused-ring (bicyclic) bond motifs is 1. The molecule has 1 fully saturated rings. The molecular weight excluding hydrogens is 224 g/mol. The molecule has 4 heteroatoms. The maximum atomic E-state index is 4.59. The van der Waals surface area contributed by atoms with Gasteiger partial charge in [-0.3, -0.25) is 0 Å². The van der Waals surface area contributed by atoms with Gasteiger partial charge in [-0.05, 0) is 38.9 Å². The summed E-state index contributed by atoms with van der Waals surface area (Å²) in [6.45, 7) is 4.19. The van der Waals surface area contributed by atoms with Crippen LogP contribution in [0.2, 0.25) is 0 Å². The number of aromatic nitrogens is 2. The lowest BCUT2D eigenvalue weighted by Crippen LogP contribution is -2.35. The molecule has 1 aliphatic heterocycles. The van der Waals surface area contributed by atoms with E-state index in [1.807, 2.05) is 25.1 Å². The number of benzene rings is 1. The van der Waals surface area contributed by atoms with Crippen LogP contribution >= 0.6 is 0 Å². The molecule has 94 valence electrons. The molecule has 0 radical (unpaired) electrons. The van der Waals surface area contributed by atoms with E-state index in [1.54, 1.807) is 0 Å². The molecule has 1 aromatic heterocycles. The summed E-state index contributed by atoms with van der Waals surface area (Å²) in [6.07, 6.45) is 2.27. The zero-order valence-electron chi connectivity index (χ0n) is 10.6. The van der Waals surface area contributed by atoms with Crippen molar-refractivity contribution < 1.29 is 0 Å². The minimum atomic E-state index is 0.492. The molecule has 0 unspecified atom stereocenters. The fraction of sp³-hybridized carbons (Fsp3) is 0.429. The Morgan fingerprint density at radius 2 is 1.94 bits per heavy atom. The zero-order chi connectivity index (χ0) is 12.4. The summed E-state index contributed by atoms with van der Waals surface area (Å²) in [4.78, 5) is 9.14. The molecule has 2 N–H and O–H groups in total. The lowest BCUT2D eigenvalue weighted by atomic mass is 10.1. The molecule has 3 rings (SSSR count). The summed E-state index contributed by atoms with van der Waals surface area (Å²) >= 11 is 0. The summed E-state index contributed by atoms with van der Waals surface area (Å²) in [5.74, 6) is 0.762. The van der Waals surface area contributed by atoms with E-state index >= 15 is 0 Å². The summed E-state index contributed by atoms with van der Waals surface area (Å²) in [5, 5.41) is 7.95. The number of nitrogens with zero attached hydrogens (tertiary/aromatic N) is 2. The average Bonchev–Trinajstić information content (AvgIpc) is 2.40. The van der Waals surface area contributed by atoms with Crippen molar-refractivity contribution in [2.45, 2.75) is 25.8 Å². The van der Waals surface area contributed by atoms with E-state index in [0.717, 1.165) is 48.5 Å². The summed E-state index contributed by atoms with van der Waals surface area (Å²) in [5.41, 5.74) is 2.05. The van der Waals surface area contributed by atoms with E-state index in [4.69, 9.17) is 0 Å². The maximum Gasteiger partial charge on any atom is 0.223 e. The number of piperidine rings is 1. The molecule has 18 heavy (non-hydrogen) atoms. The highest BCUT2D eigenvalue weighted by molar-refractivity contribution is 5.81. The van der Waals surface area contributed by atoms with Gasteiger partial charge < -0.3 is 10.6 Å². The van der Waals surface area contributed by atoms with E-state index in [2.05, 4.69) is 26.7 Å². The second-order valence-corrected chi connectivity index (χ2v) is 4.82. The Labute approximate surface area is 107 Å². The number of nitrogens with one attached hydrogen (secondary N) is 2. The van der Waals surface area contributed by atoms with Crippen LogP contribution in [0.15, 0.2) is 24.3 Å². The standard InChI is InChI=1S/C14H18N4/c1-10-12-4-2-3-5-13(12)18-14(16-10)17-11-6-8-15-9-7-11/h2-5,11,15H,6-9H2,1H3,(H,16,17,18). The van der Waals surface area contributed by atoms with Gasteiger partial charge in [-0.15, -0.1) is 0 Å². The Morgan fingerprint density at radius 1 is 1.17 bits per heavy atom. The summed E-state index contributed by atoms with van der Waals surface area (Å²) < 4.78 is 0. The average molecular weight is 242 g/mol. The van der Waals surface area contributed by atoms with Gasteiger partial charge in [-0.2, -0.15) is 0 Å². The van der Waals surface area contributed by atoms with Crippen LogP contribution in [0.4, 0.5) is 5.95 Å². The van der Waals surface area contributed by atoms with E-state index < -0.39 is 0 Å². The molecule has 0 atom stereocenters. The monoisotopic (exact) mass is 242 g/mol. The van der Waals surface area contributed by atoms with Crippen LogP contribution in [-0.4, -0.2) is 29.1 Å². The second kappa shape index (κ2) is 4.90. The lowest BCUT2D eigenvalue weighted by Gasteiger charge is -2.23. The van der Waals surface area contributed by atoms with Gasteiger partial charge in [-0.25, -0.2) is 9.97 Å². The molecule has 1 aliphatic rings. The fourth-order valence-electron chi connectivity index (χ4n) is 2.45. The zero-order valence-corrected chi connectivity index (χ0v) is 10.6. The molecule has 0 amide bonds. The molecule has 0 aliphatic carbocycles. The second-order valence-electron chi connectivity index (χ2n) is 4.82. The van der Waals surface area contributed by atoms with Crippen molar-refractivity contribution in [1.29, 1.82) is 0 Å². The largest absolute Gasteiger partial charge is 0.351 e. The van der Waals surface area contributed by atoms with E-state index in [-0.39, 0.29) is 0 Å². The van der Waals surface area contributed by atoms with Gasteiger partial charge >= 0.3 is 0 Å². The van der Waals surface area contributed by atoms with Crippen LogP contribution in [0.1, 0.15) is 18.5 Å². The van der Waals surface area contributed by atoms with E-state index in [1.165, 1.54) is 0 Å². The van der Waals surface area contributed by atoms with Crippen LogP contribution in [0.5, 0.6) is 0 Å². The molecule has 1 aromatic carbocycles. The first-order valence-corrected chi connectivity index (χ1v) is 6.53. The van der Waals surface area contributed by atoms with Crippen molar-refractivity contribution >= 4 is 16.9 Å². The van der Waals surface area contributed by atoms with Crippen LogP contribution < -0.4 is 10.6 Å². The molecule has 1 saturated heterocycles.